The lowest BCUT2D eigenvalue weighted by Crippen LogP contribution is -2.14. The Labute approximate surface area is 104 Å². The number of rotatable bonds is 4. The average Bonchev–Trinajstić information content (AvgIpc) is 2.40. The minimum absolute atomic E-state index is 0.255. The van der Waals surface area contributed by atoms with Crippen molar-refractivity contribution in [3.63, 3.8) is 0 Å². The molecule has 0 aliphatic heterocycles. The van der Waals surface area contributed by atoms with Crippen LogP contribution in [0.4, 0.5) is 5.69 Å². The Morgan fingerprint density at radius 1 is 1.33 bits per heavy atom. The fourth-order valence-corrected chi connectivity index (χ4v) is 1.32. The molecule has 2 heterocycles. The van der Waals surface area contributed by atoms with Crippen molar-refractivity contribution in [2.45, 2.75) is 6.92 Å². The number of hydrogen-bond donors (Lipinski definition) is 1. The average molecular weight is 244 g/mol. The smallest absolute Gasteiger partial charge is 0.274 e. The first-order valence-corrected chi connectivity index (χ1v) is 5.46. The van der Waals surface area contributed by atoms with E-state index < -0.39 is 0 Å². The molecule has 2 rings (SSSR count). The van der Waals surface area contributed by atoms with E-state index >= 15 is 0 Å². The fraction of sp³-hybridized carbons (Fsp3) is 0.167. The van der Waals surface area contributed by atoms with Gasteiger partial charge >= 0.3 is 0 Å². The molecule has 1 N–H and O–H groups in total. The highest BCUT2D eigenvalue weighted by molar-refractivity contribution is 6.02. The lowest BCUT2D eigenvalue weighted by molar-refractivity contribution is 0.102. The van der Waals surface area contributed by atoms with E-state index in [0.717, 1.165) is 0 Å². The number of amides is 1. The molecule has 0 bridgehead atoms. The molecular weight excluding hydrogens is 232 g/mol. The molecule has 0 saturated carbocycles. The molecule has 0 aliphatic carbocycles. The summed E-state index contributed by atoms with van der Waals surface area (Å²) in [6.07, 6.45) is 4.49. The van der Waals surface area contributed by atoms with Crippen LogP contribution in [0.1, 0.15) is 17.4 Å². The molecule has 18 heavy (non-hydrogen) atoms. The molecule has 0 spiro atoms. The predicted octanol–water partition coefficient (Wildman–Crippen LogP) is 1.52. The number of nitrogens with zero attached hydrogens (tertiary/aromatic N) is 3. The van der Waals surface area contributed by atoms with E-state index in [-0.39, 0.29) is 11.6 Å². The lowest BCUT2D eigenvalue weighted by atomic mass is 10.3. The molecule has 1 amide bonds. The van der Waals surface area contributed by atoms with Gasteiger partial charge in [-0.1, -0.05) is 0 Å². The largest absolute Gasteiger partial charge is 0.478 e. The van der Waals surface area contributed by atoms with Crippen LogP contribution in [0.5, 0.6) is 5.88 Å². The van der Waals surface area contributed by atoms with Crippen molar-refractivity contribution >= 4 is 11.6 Å². The highest BCUT2D eigenvalue weighted by atomic mass is 16.5. The summed E-state index contributed by atoms with van der Waals surface area (Å²) in [5.41, 5.74) is 0.914. The van der Waals surface area contributed by atoms with Gasteiger partial charge in [0.05, 0.1) is 6.61 Å². The summed E-state index contributed by atoms with van der Waals surface area (Å²) < 4.78 is 5.21. The number of hydrogen-bond acceptors (Lipinski definition) is 5. The minimum Gasteiger partial charge on any atom is -0.478 e. The SMILES string of the molecule is CCOc1cc(C(=O)Nc2ccncc2)ncn1. The van der Waals surface area contributed by atoms with Gasteiger partial charge in [-0.15, -0.1) is 0 Å². The van der Waals surface area contributed by atoms with Gasteiger partial charge in [0, 0.05) is 24.1 Å². The highest BCUT2D eigenvalue weighted by Gasteiger charge is 2.09. The summed E-state index contributed by atoms with van der Waals surface area (Å²) >= 11 is 0. The molecule has 0 atom stereocenters. The van der Waals surface area contributed by atoms with Gasteiger partial charge in [0.2, 0.25) is 5.88 Å². The molecule has 0 aromatic carbocycles. The summed E-state index contributed by atoms with van der Waals surface area (Å²) in [5.74, 6) is 0.0666. The van der Waals surface area contributed by atoms with Gasteiger partial charge in [-0.3, -0.25) is 9.78 Å². The first kappa shape index (κ1) is 12.0. The monoisotopic (exact) mass is 244 g/mol. The Hall–Kier alpha value is -2.50. The molecule has 92 valence electrons. The van der Waals surface area contributed by atoms with Crippen molar-refractivity contribution in [1.82, 2.24) is 15.0 Å². The number of carbonyl (C=O) groups is 1. The van der Waals surface area contributed by atoms with Gasteiger partial charge in [0.15, 0.2) is 0 Å². The Kier molecular flexibility index (Phi) is 3.80. The summed E-state index contributed by atoms with van der Waals surface area (Å²) in [6.45, 7) is 2.33. The zero-order valence-corrected chi connectivity index (χ0v) is 9.83. The zero-order valence-electron chi connectivity index (χ0n) is 9.83. The fourth-order valence-electron chi connectivity index (χ4n) is 1.32. The lowest BCUT2D eigenvalue weighted by Gasteiger charge is -2.05. The van der Waals surface area contributed by atoms with Crippen molar-refractivity contribution < 1.29 is 9.53 Å². The maximum atomic E-state index is 11.9. The van der Waals surface area contributed by atoms with E-state index in [0.29, 0.717) is 18.2 Å². The number of ether oxygens (including phenoxy) is 1. The van der Waals surface area contributed by atoms with E-state index in [1.54, 1.807) is 24.5 Å². The molecule has 6 heteroatoms. The molecule has 2 aromatic rings. The second-order valence-corrected chi connectivity index (χ2v) is 3.36. The van der Waals surface area contributed by atoms with E-state index in [1.165, 1.54) is 12.4 Å². The molecule has 0 radical (unpaired) electrons. The number of nitrogens with one attached hydrogen (secondary N) is 1. The molecule has 2 aromatic heterocycles. The Morgan fingerprint density at radius 2 is 2.11 bits per heavy atom. The van der Waals surface area contributed by atoms with Crippen LogP contribution in [0.25, 0.3) is 0 Å². The van der Waals surface area contributed by atoms with Crippen LogP contribution >= 0.6 is 0 Å². The Morgan fingerprint density at radius 3 is 2.83 bits per heavy atom. The zero-order chi connectivity index (χ0) is 12.8. The number of carbonyl (C=O) groups excluding carboxylic acids is 1. The van der Waals surface area contributed by atoms with Crippen LogP contribution in [-0.4, -0.2) is 27.5 Å². The number of pyridine rings is 1. The summed E-state index contributed by atoms with van der Waals surface area (Å²) in [5, 5.41) is 2.70. The first-order valence-electron chi connectivity index (χ1n) is 5.46. The molecular formula is C12H12N4O2. The quantitative estimate of drug-likeness (QED) is 0.882. The second kappa shape index (κ2) is 5.72. The summed E-state index contributed by atoms with van der Waals surface area (Å²) in [7, 11) is 0. The van der Waals surface area contributed by atoms with Crippen LogP contribution in [0, 0.1) is 0 Å². The number of aromatic nitrogens is 3. The summed E-state index contributed by atoms with van der Waals surface area (Å²) in [6, 6.07) is 4.89. The summed E-state index contributed by atoms with van der Waals surface area (Å²) in [4.78, 5) is 23.6. The maximum Gasteiger partial charge on any atom is 0.274 e. The topological polar surface area (TPSA) is 77.0 Å². The number of anilines is 1. The van der Waals surface area contributed by atoms with Crippen LogP contribution in [0.15, 0.2) is 36.9 Å². The van der Waals surface area contributed by atoms with Gasteiger partial charge < -0.3 is 10.1 Å². The van der Waals surface area contributed by atoms with E-state index in [1.807, 2.05) is 6.92 Å². The molecule has 0 saturated heterocycles. The van der Waals surface area contributed by atoms with E-state index in [4.69, 9.17) is 4.74 Å². The van der Waals surface area contributed by atoms with Gasteiger partial charge in [-0.25, -0.2) is 9.97 Å². The van der Waals surface area contributed by atoms with E-state index in [2.05, 4.69) is 20.3 Å². The van der Waals surface area contributed by atoms with E-state index in [9.17, 15) is 4.79 Å². The van der Waals surface area contributed by atoms with Crippen molar-refractivity contribution in [1.29, 1.82) is 0 Å². The van der Waals surface area contributed by atoms with Gasteiger partial charge in [0.25, 0.3) is 5.91 Å². The molecule has 0 unspecified atom stereocenters. The Balaban J connectivity index is 2.11. The van der Waals surface area contributed by atoms with Crippen molar-refractivity contribution in [3.8, 4) is 5.88 Å². The van der Waals surface area contributed by atoms with Crippen molar-refractivity contribution in [3.05, 3.63) is 42.6 Å². The third-order valence-corrected chi connectivity index (χ3v) is 2.11. The third kappa shape index (κ3) is 3.00. The van der Waals surface area contributed by atoms with Gasteiger partial charge in [-0.2, -0.15) is 0 Å². The molecule has 0 fully saturated rings. The molecule has 0 aliphatic rings. The van der Waals surface area contributed by atoms with Crippen LogP contribution < -0.4 is 10.1 Å². The van der Waals surface area contributed by atoms with Crippen molar-refractivity contribution in [2.75, 3.05) is 11.9 Å². The van der Waals surface area contributed by atoms with Crippen molar-refractivity contribution in [2.24, 2.45) is 0 Å². The maximum absolute atomic E-state index is 11.9. The Bertz CT molecular complexity index is 531. The van der Waals surface area contributed by atoms with Gasteiger partial charge in [0.1, 0.15) is 12.0 Å². The normalized spacial score (nSPS) is 9.83. The highest BCUT2D eigenvalue weighted by Crippen LogP contribution is 2.10. The van der Waals surface area contributed by atoms with Gasteiger partial charge in [-0.05, 0) is 19.1 Å². The van der Waals surface area contributed by atoms with Crippen LogP contribution in [0.3, 0.4) is 0 Å². The third-order valence-electron chi connectivity index (χ3n) is 2.11. The van der Waals surface area contributed by atoms with Crippen LogP contribution in [-0.2, 0) is 0 Å². The second-order valence-electron chi connectivity index (χ2n) is 3.36. The van der Waals surface area contributed by atoms with Crippen LogP contribution in [0.2, 0.25) is 0 Å². The molecule has 6 nitrogen and oxygen atoms in total. The standard InChI is InChI=1S/C12H12N4O2/c1-2-18-11-7-10(14-8-15-11)12(17)16-9-3-5-13-6-4-9/h3-8H,2H2,1H3,(H,13,16,17). The first-order chi connectivity index (χ1) is 8.79. The predicted molar refractivity (Wildman–Crippen MR) is 65.4 cm³/mol. The minimum atomic E-state index is -0.315.